The third-order valence-electron chi connectivity index (χ3n) is 6.26. The highest BCUT2D eigenvalue weighted by molar-refractivity contribution is 7.15. The number of aromatic nitrogens is 1. The van der Waals surface area contributed by atoms with Crippen molar-refractivity contribution < 1.29 is 14.3 Å². The summed E-state index contributed by atoms with van der Waals surface area (Å²) >= 11 is 1.30. The summed E-state index contributed by atoms with van der Waals surface area (Å²) in [5.41, 5.74) is 7.15. The number of nitrogens with zero attached hydrogens (tertiary/aromatic N) is 1. The number of nitrogens with one attached hydrogen (secondary N) is 1. The summed E-state index contributed by atoms with van der Waals surface area (Å²) in [6.45, 7) is 4.12. The van der Waals surface area contributed by atoms with Gasteiger partial charge in [-0.2, -0.15) is 0 Å². The number of thiophene rings is 1. The fourth-order valence-electron chi connectivity index (χ4n) is 4.17. The Bertz CT molecular complexity index is 1610. The van der Waals surface area contributed by atoms with Gasteiger partial charge in [0.15, 0.2) is 0 Å². The van der Waals surface area contributed by atoms with Crippen molar-refractivity contribution in [1.29, 1.82) is 0 Å². The van der Waals surface area contributed by atoms with Gasteiger partial charge in [0, 0.05) is 21.9 Å². The lowest BCUT2D eigenvalue weighted by atomic mass is 10.0. The maximum atomic E-state index is 13.7. The first-order valence-corrected chi connectivity index (χ1v) is 12.4. The number of carbonyl (C=O) groups excluding carboxylic acids is 2. The third kappa shape index (κ3) is 4.39. The van der Waals surface area contributed by atoms with Crippen LogP contribution in [0.2, 0.25) is 0 Å². The average molecular weight is 493 g/mol. The maximum Gasteiger partial charge on any atom is 0.341 e. The van der Waals surface area contributed by atoms with E-state index < -0.39 is 5.97 Å². The Labute approximate surface area is 213 Å². The molecule has 2 aromatic heterocycles. The van der Waals surface area contributed by atoms with E-state index in [2.05, 4.69) is 31.3 Å². The molecule has 6 heteroatoms. The van der Waals surface area contributed by atoms with Gasteiger partial charge in [-0.15, -0.1) is 11.3 Å². The minimum atomic E-state index is -0.499. The van der Waals surface area contributed by atoms with Gasteiger partial charge >= 0.3 is 5.97 Å². The van der Waals surface area contributed by atoms with E-state index in [0.717, 1.165) is 33.2 Å². The van der Waals surface area contributed by atoms with E-state index >= 15 is 0 Å². The zero-order chi connectivity index (χ0) is 25.2. The Morgan fingerprint density at radius 2 is 1.61 bits per heavy atom. The van der Waals surface area contributed by atoms with Crippen molar-refractivity contribution in [3.63, 3.8) is 0 Å². The zero-order valence-electron chi connectivity index (χ0n) is 20.2. The van der Waals surface area contributed by atoms with Crippen LogP contribution < -0.4 is 5.32 Å². The number of rotatable bonds is 5. The van der Waals surface area contributed by atoms with Crippen LogP contribution in [-0.4, -0.2) is 24.0 Å². The lowest BCUT2D eigenvalue weighted by Crippen LogP contribution is -2.15. The number of ether oxygens (including phenoxy) is 1. The number of carbonyl (C=O) groups is 2. The fraction of sp³-hybridized carbons (Fsp3) is 0.100. The standard InChI is InChI=1S/C30H24N2O3S/c1-18-13-14-21(15-19(18)2)26-16-23(22-11-7-8-12-25(22)31-26)28(33)32-29-27(30(34)35-3)24(17-36-29)20-9-5-4-6-10-20/h4-17H,1-3H3,(H,32,33). The number of pyridine rings is 1. The third-order valence-corrected chi connectivity index (χ3v) is 7.15. The highest BCUT2D eigenvalue weighted by Crippen LogP contribution is 2.37. The molecule has 0 unspecified atom stereocenters. The molecule has 1 amide bonds. The number of methoxy groups -OCH3 is 1. The number of anilines is 1. The van der Waals surface area contributed by atoms with Crippen LogP contribution in [0.5, 0.6) is 0 Å². The number of fused-ring (bicyclic) bond motifs is 1. The Hall–Kier alpha value is -4.29. The second-order valence-corrected chi connectivity index (χ2v) is 9.42. The molecule has 178 valence electrons. The number of benzene rings is 3. The molecule has 0 fully saturated rings. The Morgan fingerprint density at radius 1 is 0.861 bits per heavy atom. The summed E-state index contributed by atoms with van der Waals surface area (Å²) in [7, 11) is 1.34. The van der Waals surface area contributed by atoms with Crippen molar-refractivity contribution in [3.8, 4) is 22.4 Å². The summed E-state index contributed by atoms with van der Waals surface area (Å²) in [5, 5.41) is 6.02. The van der Waals surface area contributed by atoms with E-state index in [1.54, 1.807) is 0 Å². The van der Waals surface area contributed by atoms with E-state index in [1.165, 1.54) is 24.0 Å². The molecule has 0 spiro atoms. The van der Waals surface area contributed by atoms with Crippen LogP contribution in [0.1, 0.15) is 31.8 Å². The van der Waals surface area contributed by atoms with E-state index in [4.69, 9.17) is 9.72 Å². The second-order valence-electron chi connectivity index (χ2n) is 8.54. The van der Waals surface area contributed by atoms with Gasteiger partial charge in [0.2, 0.25) is 0 Å². The number of hydrogen-bond acceptors (Lipinski definition) is 5. The van der Waals surface area contributed by atoms with Gasteiger partial charge in [-0.1, -0.05) is 60.7 Å². The minimum Gasteiger partial charge on any atom is -0.465 e. The SMILES string of the molecule is COC(=O)c1c(-c2ccccc2)csc1NC(=O)c1cc(-c2ccc(C)c(C)c2)nc2ccccc12. The first kappa shape index (κ1) is 23.5. The Kier molecular flexibility index (Phi) is 6.36. The van der Waals surface area contributed by atoms with Crippen LogP contribution in [0.3, 0.4) is 0 Å². The highest BCUT2D eigenvalue weighted by Gasteiger charge is 2.23. The quantitative estimate of drug-likeness (QED) is 0.262. The molecule has 0 aliphatic carbocycles. The molecule has 5 aromatic rings. The van der Waals surface area contributed by atoms with E-state index in [-0.39, 0.29) is 5.91 Å². The van der Waals surface area contributed by atoms with Gasteiger partial charge in [0.1, 0.15) is 10.6 Å². The molecule has 0 atom stereocenters. The average Bonchev–Trinajstić information content (AvgIpc) is 3.33. The second kappa shape index (κ2) is 9.76. The Balaban J connectivity index is 1.59. The summed E-state index contributed by atoms with van der Waals surface area (Å²) in [6.07, 6.45) is 0. The molecule has 1 N–H and O–H groups in total. The molecular formula is C30H24N2O3S. The van der Waals surface area contributed by atoms with Gasteiger partial charge in [-0.3, -0.25) is 4.79 Å². The van der Waals surface area contributed by atoms with Gasteiger partial charge in [-0.05, 0) is 48.7 Å². The van der Waals surface area contributed by atoms with Crippen LogP contribution in [0.15, 0.2) is 84.2 Å². The first-order chi connectivity index (χ1) is 17.5. The van der Waals surface area contributed by atoms with Crippen LogP contribution in [0, 0.1) is 13.8 Å². The smallest absolute Gasteiger partial charge is 0.341 e. The van der Waals surface area contributed by atoms with Crippen molar-refractivity contribution in [1.82, 2.24) is 4.98 Å². The molecule has 5 rings (SSSR count). The van der Waals surface area contributed by atoms with Crippen LogP contribution >= 0.6 is 11.3 Å². The maximum absolute atomic E-state index is 13.7. The van der Waals surface area contributed by atoms with Crippen molar-refractivity contribution in [2.45, 2.75) is 13.8 Å². The van der Waals surface area contributed by atoms with Crippen LogP contribution in [0.4, 0.5) is 5.00 Å². The molecule has 0 saturated heterocycles. The van der Waals surface area contributed by atoms with Gasteiger partial charge in [-0.25, -0.2) is 9.78 Å². The molecule has 2 heterocycles. The lowest BCUT2D eigenvalue weighted by molar-refractivity contribution is 0.0603. The van der Waals surface area contributed by atoms with Crippen molar-refractivity contribution in [2.75, 3.05) is 12.4 Å². The molecule has 0 aliphatic rings. The number of esters is 1. The highest BCUT2D eigenvalue weighted by atomic mass is 32.1. The minimum absolute atomic E-state index is 0.315. The summed E-state index contributed by atoms with van der Waals surface area (Å²) in [4.78, 5) is 31.2. The van der Waals surface area contributed by atoms with E-state index in [9.17, 15) is 9.59 Å². The van der Waals surface area contributed by atoms with Crippen molar-refractivity contribution in [2.24, 2.45) is 0 Å². The Morgan fingerprint density at radius 3 is 2.36 bits per heavy atom. The molecule has 36 heavy (non-hydrogen) atoms. The molecule has 5 nitrogen and oxygen atoms in total. The van der Waals surface area contributed by atoms with Crippen molar-refractivity contribution in [3.05, 3.63) is 106 Å². The molecule has 0 bridgehead atoms. The van der Waals surface area contributed by atoms with Crippen LogP contribution in [-0.2, 0) is 4.74 Å². The summed E-state index contributed by atoms with van der Waals surface area (Å²) in [5.74, 6) is -0.814. The number of hydrogen-bond donors (Lipinski definition) is 1. The van der Waals surface area contributed by atoms with Gasteiger partial charge in [0.25, 0.3) is 5.91 Å². The summed E-state index contributed by atoms with van der Waals surface area (Å²) < 4.78 is 5.06. The number of aryl methyl sites for hydroxylation is 2. The molecular weight excluding hydrogens is 468 g/mol. The summed E-state index contributed by atoms with van der Waals surface area (Å²) in [6, 6.07) is 25.1. The first-order valence-electron chi connectivity index (χ1n) is 11.5. The molecule has 0 aliphatic heterocycles. The topological polar surface area (TPSA) is 68.3 Å². The predicted molar refractivity (Wildman–Crippen MR) is 146 cm³/mol. The molecule has 0 radical (unpaired) electrons. The predicted octanol–water partition coefficient (Wildman–Crippen LogP) is 7.29. The molecule has 3 aromatic carbocycles. The molecule has 0 saturated carbocycles. The van der Waals surface area contributed by atoms with E-state index in [0.29, 0.717) is 21.8 Å². The number of para-hydroxylation sites is 1. The van der Waals surface area contributed by atoms with Gasteiger partial charge in [0.05, 0.1) is 23.9 Å². The largest absolute Gasteiger partial charge is 0.465 e. The van der Waals surface area contributed by atoms with Crippen molar-refractivity contribution >= 4 is 39.1 Å². The van der Waals surface area contributed by atoms with E-state index in [1.807, 2.05) is 72.1 Å². The normalized spacial score (nSPS) is 10.9. The monoisotopic (exact) mass is 492 g/mol. The zero-order valence-corrected chi connectivity index (χ0v) is 21.0. The van der Waals surface area contributed by atoms with Crippen LogP contribution in [0.25, 0.3) is 33.3 Å². The lowest BCUT2D eigenvalue weighted by Gasteiger charge is -2.12. The number of amides is 1. The van der Waals surface area contributed by atoms with Gasteiger partial charge < -0.3 is 10.1 Å². The fourth-order valence-corrected chi connectivity index (χ4v) is 5.12.